The standard InChI is InChI=1S/C17H22N2O2/c1-17(21)8-10-19(11-9-17)16(20)7-6-13-12-18-15-5-3-2-4-14(13)15/h2-5,12,18,21H,6-11H2,1H3. The van der Waals surface area contributed by atoms with Crippen LogP contribution in [0.1, 0.15) is 31.7 Å². The second kappa shape index (κ2) is 5.53. The van der Waals surface area contributed by atoms with Gasteiger partial charge in [-0.2, -0.15) is 0 Å². The second-order valence-electron chi connectivity index (χ2n) is 6.24. The van der Waals surface area contributed by atoms with Crippen molar-refractivity contribution < 1.29 is 9.90 Å². The molecule has 4 nitrogen and oxygen atoms in total. The van der Waals surface area contributed by atoms with Crippen LogP contribution < -0.4 is 0 Å². The summed E-state index contributed by atoms with van der Waals surface area (Å²) in [6.45, 7) is 3.18. The zero-order valence-corrected chi connectivity index (χ0v) is 12.4. The van der Waals surface area contributed by atoms with E-state index in [-0.39, 0.29) is 5.91 Å². The fourth-order valence-electron chi connectivity index (χ4n) is 2.98. The number of aromatic amines is 1. The number of H-pyrrole nitrogens is 1. The van der Waals surface area contributed by atoms with E-state index in [9.17, 15) is 9.90 Å². The van der Waals surface area contributed by atoms with Crippen molar-refractivity contribution >= 4 is 16.8 Å². The van der Waals surface area contributed by atoms with Gasteiger partial charge in [-0.15, -0.1) is 0 Å². The first kappa shape index (κ1) is 14.1. The molecule has 0 saturated carbocycles. The van der Waals surface area contributed by atoms with Crippen LogP contribution in [-0.2, 0) is 11.2 Å². The Kier molecular flexibility index (Phi) is 3.72. The van der Waals surface area contributed by atoms with Crippen molar-refractivity contribution in [3.63, 3.8) is 0 Å². The number of carbonyl (C=O) groups is 1. The quantitative estimate of drug-likeness (QED) is 0.910. The summed E-state index contributed by atoms with van der Waals surface area (Å²) in [7, 11) is 0. The van der Waals surface area contributed by atoms with Crippen molar-refractivity contribution in [2.45, 2.75) is 38.2 Å². The van der Waals surface area contributed by atoms with Crippen LogP contribution in [0, 0.1) is 0 Å². The molecule has 1 saturated heterocycles. The number of carbonyl (C=O) groups excluding carboxylic acids is 1. The number of rotatable bonds is 3. The van der Waals surface area contributed by atoms with E-state index in [2.05, 4.69) is 11.1 Å². The van der Waals surface area contributed by atoms with Crippen LogP contribution in [0.5, 0.6) is 0 Å². The highest BCUT2D eigenvalue weighted by atomic mass is 16.3. The summed E-state index contributed by atoms with van der Waals surface area (Å²) in [6, 6.07) is 8.17. The summed E-state index contributed by atoms with van der Waals surface area (Å²) >= 11 is 0. The Morgan fingerprint density at radius 2 is 2.05 bits per heavy atom. The number of aliphatic hydroxyl groups is 1. The van der Waals surface area contributed by atoms with Crippen molar-refractivity contribution in [1.82, 2.24) is 9.88 Å². The Morgan fingerprint density at radius 1 is 1.33 bits per heavy atom. The molecule has 2 heterocycles. The highest BCUT2D eigenvalue weighted by Gasteiger charge is 2.29. The second-order valence-corrected chi connectivity index (χ2v) is 6.24. The van der Waals surface area contributed by atoms with Crippen LogP contribution in [0.2, 0.25) is 0 Å². The molecule has 1 fully saturated rings. The molecule has 2 aromatic rings. The Balaban J connectivity index is 1.59. The summed E-state index contributed by atoms with van der Waals surface area (Å²) in [4.78, 5) is 17.4. The maximum atomic E-state index is 12.3. The van der Waals surface area contributed by atoms with Crippen LogP contribution in [0.15, 0.2) is 30.5 Å². The fraction of sp³-hybridized carbons (Fsp3) is 0.471. The van der Waals surface area contributed by atoms with Crippen LogP contribution in [0.3, 0.4) is 0 Å². The highest BCUT2D eigenvalue weighted by molar-refractivity contribution is 5.84. The third-order valence-corrected chi connectivity index (χ3v) is 4.48. The minimum Gasteiger partial charge on any atom is -0.390 e. The SMILES string of the molecule is CC1(O)CCN(C(=O)CCc2c[nH]c3ccccc23)CC1. The number of hydrogen-bond donors (Lipinski definition) is 2. The van der Waals surface area contributed by atoms with Gasteiger partial charge in [0.15, 0.2) is 0 Å². The number of likely N-dealkylation sites (tertiary alicyclic amines) is 1. The smallest absolute Gasteiger partial charge is 0.222 e. The van der Waals surface area contributed by atoms with E-state index in [0.717, 1.165) is 11.9 Å². The van der Waals surface area contributed by atoms with Crippen molar-refractivity contribution in [3.8, 4) is 0 Å². The normalized spacial score (nSPS) is 18.1. The summed E-state index contributed by atoms with van der Waals surface area (Å²) in [6.07, 6.45) is 4.64. The number of nitrogens with zero attached hydrogens (tertiary/aromatic N) is 1. The van der Waals surface area contributed by atoms with Crippen molar-refractivity contribution in [3.05, 3.63) is 36.0 Å². The van der Waals surface area contributed by atoms with E-state index >= 15 is 0 Å². The molecule has 4 heteroatoms. The molecule has 0 atom stereocenters. The van der Waals surface area contributed by atoms with Crippen molar-refractivity contribution in [2.24, 2.45) is 0 Å². The number of nitrogens with one attached hydrogen (secondary N) is 1. The lowest BCUT2D eigenvalue weighted by Gasteiger charge is -2.35. The summed E-state index contributed by atoms with van der Waals surface area (Å²) < 4.78 is 0. The number of aryl methyl sites for hydroxylation is 1. The monoisotopic (exact) mass is 286 g/mol. The molecule has 1 amide bonds. The van der Waals surface area contributed by atoms with E-state index in [1.54, 1.807) is 0 Å². The van der Waals surface area contributed by atoms with Gasteiger partial charge in [-0.25, -0.2) is 0 Å². The molecule has 3 rings (SSSR count). The third-order valence-electron chi connectivity index (χ3n) is 4.48. The molecule has 0 bridgehead atoms. The minimum absolute atomic E-state index is 0.191. The predicted octanol–water partition coefficient (Wildman–Crippen LogP) is 2.47. The molecule has 1 aliphatic heterocycles. The topological polar surface area (TPSA) is 56.3 Å². The molecule has 0 unspecified atom stereocenters. The van der Waals surface area contributed by atoms with Gasteiger partial charge in [-0.1, -0.05) is 18.2 Å². The lowest BCUT2D eigenvalue weighted by atomic mass is 9.93. The maximum absolute atomic E-state index is 12.3. The molecule has 0 spiro atoms. The molecule has 1 aromatic heterocycles. The summed E-state index contributed by atoms with van der Waals surface area (Å²) in [5, 5.41) is 11.1. The number of para-hydroxylation sites is 1. The van der Waals surface area contributed by atoms with Gasteiger partial charge in [-0.05, 0) is 37.8 Å². The van der Waals surface area contributed by atoms with E-state index in [0.29, 0.717) is 32.4 Å². The zero-order valence-electron chi connectivity index (χ0n) is 12.4. The lowest BCUT2D eigenvalue weighted by molar-refractivity contribution is -0.134. The molecular formula is C17H22N2O2. The molecule has 112 valence electrons. The Hall–Kier alpha value is -1.81. The van der Waals surface area contributed by atoms with Gasteiger partial charge in [0.05, 0.1) is 5.60 Å². The largest absolute Gasteiger partial charge is 0.390 e. The molecule has 1 aromatic carbocycles. The first-order valence-electron chi connectivity index (χ1n) is 7.60. The Labute approximate surface area is 124 Å². The van der Waals surface area contributed by atoms with Gasteiger partial charge < -0.3 is 15.0 Å². The maximum Gasteiger partial charge on any atom is 0.222 e. The fourth-order valence-corrected chi connectivity index (χ4v) is 2.98. The lowest BCUT2D eigenvalue weighted by Crippen LogP contribution is -2.45. The van der Waals surface area contributed by atoms with Gasteiger partial charge >= 0.3 is 0 Å². The number of hydrogen-bond acceptors (Lipinski definition) is 2. The minimum atomic E-state index is -0.604. The Morgan fingerprint density at radius 3 is 2.81 bits per heavy atom. The molecular weight excluding hydrogens is 264 g/mol. The number of piperidine rings is 1. The number of fused-ring (bicyclic) bond motifs is 1. The van der Waals surface area contributed by atoms with Crippen LogP contribution in [0.4, 0.5) is 0 Å². The molecule has 1 aliphatic rings. The number of aromatic nitrogens is 1. The predicted molar refractivity (Wildman–Crippen MR) is 83.1 cm³/mol. The van der Waals surface area contributed by atoms with E-state index < -0.39 is 5.60 Å². The highest BCUT2D eigenvalue weighted by Crippen LogP contribution is 2.23. The third kappa shape index (κ3) is 3.10. The number of benzene rings is 1. The summed E-state index contributed by atoms with van der Waals surface area (Å²) in [5.74, 6) is 0.191. The first-order chi connectivity index (χ1) is 10.1. The first-order valence-corrected chi connectivity index (χ1v) is 7.60. The van der Waals surface area contributed by atoms with E-state index in [4.69, 9.17) is 0 Å². The van der Waals surface area contributed by atoms with E-state index in [1.165, 1.54) is 10.9 Å². The van der Waals surface area contributed by atoms with Gasteiger partial charge in [0.25, 0.3) is 0 Å². The van der Waals surface area contributed by atoms with Crippen LogP contribution in [0.25, 0.3) is 10.9 Å². The van der Waals surface area contributed by atoms with Gasteiger partial charge in [0, 0.05) is 36.6 Å². The van der Waals surface area contributed by atoms with Gasteiger partial charge in [0.2, 0.25) is 5.91 Å². The molecule has 21 heavy (non-hydrogen) atoms. The average molecular weight is 286 g/mol. The van der Waals surface area contributed by atoms with Gasteiger partial charge in [0.1, 0.15) is 0 Å². The van der Waals surface area contributed by atoms with Crippen LogP contribution in [-0.4, -0.2) is 39.6 Å². The number of amides is 1. The average Bonchev–Trinajstić information content (AvgIpc) is 2.88. The summed E-state index contributed by atoms with van der Waals surface area (Å²) in [5.41, 5.74) is 1.71. The zero-order chi connectivity index (χ0) is 14.9. The molecule has 0 radical (unpaired) electrons. The van der Waals surface area contributed by atoms with Crippen LogP contribution >= 0.6 is 0 Å². The van der Waals surface area contributed by atoms with Crippen molar-refractivity contribution in [2.75, 3.05) is 13.1 Å². The molecule has 2 N–H and O–H groups in total. The Bertz CT molecular complexity index is 635. The van der Waals surface area contributed by atoms with Crippen molar-refractivity contribution in [1.29, 1.82) is 0 Å². The van der Waals surface area contributed by atoms with E-state index in [1.807, 2.05) is 36.2 Å². The molecule has 0 aliphatic carbocycles. The van der Waals surface area contributed by atoms with Gasteiger partial charge in [-0.3, -0.25) is 4.79 Å².